The van der Waals surface area contributed by atoms with Crippen molar-refractivity contribution in [2.24, 2.45) is 11.8 Å². The molecule has 0 spiro atoms. The first-order valence-electron chi connectivity index (χ1n) is 19.7. The number of amides is 2. The Labute approximate surface area is 331 Å². The molecule has 2 aliphatic rings. The van der Waals surface area contributed by atoms with Gasteiger partial charge in [-0.25, -0.2) is 0 Å². The number of carbonyl (C=O) groups is 2. The summed E-state index contributed by atoms with van der Waals surface area (Å²) in [6, 6.07) is 30.4. The summed E-state index contributed by atoms with van der Waals surface area (Å²) in [5.74, 6) is 0.922. The Morgan fingerprint density at radius 2 is 0.963 bits per heavy atom. The van der Waals surface area contributed by atoms with E-state index in [-0.39, 0.29) is 11.8 Å². The number of carbonyl (C=O) groups excluding carboxylic acids is 2. The second kappa shape index (κ2) is 16.1. The molecule has 4 unspecified atom stereocenters. The molecule has 6 rings (SSSR count). The van der Waals surface area contributed by atoms with Crippen molar-refractivity contribution in [3.05, 3.63) is 129 Å². The maximum absolute atomic E-state index is 12.6. The van der Waals surface area contributed by atoms with E-state index in [2.05, 4.69) is 163 Å². The predicted octanol–water partition coefficient (Wildman–Crippen LogP) is 12.4. The van der Waals surface area contributed by atoms with Crippen LogP contribution in [0.1, 0.15) is 121 Å². The summed E-state index contributed by atoms with van der Waals surface area (Å²) in [6.07, 6.45) is 7.97. The molecule has 0 aliphatic heterocycles. The van der Waals surface area contributed by atoms with Crippen LogP contribution in [0.25, 0.3) is 34.4 Å². The van der Waals surface area contributed by atoms with Crippen LogP contribution in [0, 0.1) is 11.8 Å². The molecular weight excluding hydrogens is 873 g/mol. The average Bonchev–Trinajstić information content (AvgIpc) is 3.79. The maximum atomic E-state index is 12.6. The van der Waals surface area contributed by atoms with E-state index in [4.69, 9.17) is 17.2 Å². The van der Waals surface area contributed by atoms with E-state index in [0.717, 1.165) is 57.4 Å². The van der Waals surface area contributed by atoms with Crippen molar-refractivity contribution in [3.8, 4) is 22.3 Å². The van der Waals surface area contributed by atoms with E-state index in [9.17, 15) is 9.59 Å². The third-order valence-electron chi connectivity index (χ3n) is 12.4. The van der Waals surface area contributed by atoms with E-state index in [1.807, 2.05) is 0 Å². The monoisotopic (exact) mass is 927 g/mol. The average molecular weight is 927 g/mol. The van der Waals surface area contributed by atoms with Crippen molar-refractivity contribution in [1.82, 2.24) is 10.5 Å². The van der Waals surface area contributed by atoms with Gasteiger partial charge in [0, 0.05) is 0 Å². The fraction of sp³-hybridized carbons (Fsp3) is 0.348. The van der Waals surface area contributed by atoms with Crippen LogP contribution in [0.2, 0.25) is 0 Å². The Morgan fingerprint density at radius 1 is 0.593 bits per heavy atom. The molecule has 0 heterocycles. The van der Waals surface area contributed by atoms with Crippen LogP contribution in [0.15, 0.2) is 96.1 Å². The molecule has 4 aromatic carbocycles. The molecule has 0 saturated heterocycles. The van der Waals surface area contributed by atoms with E-state index < -0.39 is 27.8 Å². The molecule has 281 valence electrons. The van der Waals surface area contributed by atoms with Crippen LogP contribution in [-0.2, 0) is 25.5 Å². The van der Waals surface area contributed by atoms with Crippen molar-refractivity contribution < 1.29 is 25.5 Å². The number of rotatable bonds is 15. The molecule has 4 aromatic rings. The van der Waals surface area contributed by atoms with E-state index >= 15 is 0 Å². The topological polar surface area (TPSA) is 58.2 Å². The summed E-state index contributed by atoms with van der Waals surface area (Å²) in [5.41, 5.74) is 14.0. The van der Waals surface area contributed by atoms with Gasteiger partial charge in [0.05, 0.1) is 0 Å². The molecule has 0 bridgehead atoms. The molecule has 4 atom stereocenters. The van der Waals surface area contributed by atoms with Gasteiger partial charge in [-0.2, -0.15) is 0 Å². The molecule has 2 N–H and O–H groups in total. The Balaban J connectivity index is 1.69. The molecule has 8 heteroatoms. The van der Waals surface area contributed by atoms with Gasteiger partial charge >= 0.3 is 334 Å². The summed E-state index contributed by atoms with van der Waals surface area (Å²) in [5, 5.41) is 6.02. The molecule has 0 saturated carbocycles. The number of hydrogen-bond donors (Lipinski definition) is 2. The summed E-state index contributed by atoms with van der Waals surface area (Å²) >= 11 is -6.10. The van der Waals surface area contributed by atoms with Crippen LogP contribution < -0.4 is 10.5 Å². The Morgan fingerprint density at radius 3 is 1.31 bits per heavy atom. The van der Waals surface area contributed by atoms with E-state index in [1.165, 1.54) is 22.3 Å². The molecule has 2 aliphatic carbocycles. The van der Waals surface area contributed by atoms with E-state index in [0.29, 0.717) is 24.7 Å². The molecule has 54 heavy (non-hydrogen) atoms. The third kappa shape index (κ3) is 6.73. The normalized spacial score (nSPS) is 18.2. The van der Waals surface area contributed by atoms with Crippen LogP contribution in [-0.4, -0.2) is 17.4 Å². The standard InChI is InChI=1S/2C22H25.C2H3BN2O2.2ClH.Hf/c2*1-5-16(4)19-10-6-7-11-20(19)21-12-8-9-17-13-18(15(2)3)14-22(17)21;6-1-4-3-5-2-7;;;/h2*6-16H,5H2,1-4H3;1-2H,(H-,4,5,6,7);2*1H;/q;;;;;+1/p-1. The van der Waals surface area contributed by atoms with Crippen molar-refractivity contribution in [2.75, 3.05) is 0 Å². The zero-order chi connectivity index (χ0) is 39.0. The summed E-state index contributed by atoms with van der Waals surface area (Å²) in [4.78, 5) is 25.2. The fourth-order valence-corrected chi connectivity index (χ4v) is 39.4. The Bertz CT molecular complexity index is 1980. The number of fused-ring (bicyclic) bond motifs is 2. The zero-order valence-electron chi connectivity index (χ0n) is 32.9. The zero-order valence-corrected chi connectivity index (χ0v) is 38.0. The van der Waals surface area contributed by atoms with Crippen molar-refractivity contribution in [2.45, 2.75) is 87.4 Å². The number of benzene rings is 4. The van der Waals surface area contributed by atoms with Gasteiger partial charge < -0.3 is 0 Å². The molecule has 2 amide bonds. The summed E-state index contributed by atoms with van der Waals surface area (Å²) in [6.45, 7) is 17.8. The first kappa shape index (κ1) is 40.5. The van der Waals surface area contributed by atoms with Gasteiger partial charge in [-0.15, -0.1) is 0 Å². The number of hydrogen-bond acceptors (Lipinski definition) is 2. The fourth-order valence-electron chi connectivity index (χ4n) is 9.34. The van der Waals surface area contributed by atoms with Gasteiger partial charge in [0.1, 0.15) is 0 Å². The predicted molar refractivity (Wildman–Crippen MR) is 228 cm³/mol. The van der Waals surface area contributed by atoms with Crippen molar-refractivity contribution in [3.63, 3.8) is 0 Å². The quantitative estimate of drug-likeness (QED) is 0.0922. The first-order chi connectivity index (χ1) is 25.8. The summed E-state index contributed by atoms with van der Waals surface area (Å²) < 4.78 is -1.77. The Kier molecular flexibility index (Phi) is 12.1. The van der Waals surface area contributed by atoms with Crippen LogP contribution in [0.5, 0.6) is 0 Å². The minimum absolute atomic E-state index is 0.0854. The SMILES string of the molecule is CCC(C)c1ccccc1-c1cccc2c1C=C(C(C)C)[CH]2[Hf]([Cl])([Cl])([B](NC=O)NC=O)[CH]1C(C(C)C)=Cc2c(-c3ccccc3C(C)CC)cccc21. The van der Waals surface area contributed by atoms with Gasteiger partial charge in [0.2, 0.25) is 0 Å². The number of nitrogens with one attached hydrogen (secondary N) is 2. The van der Waals surface area contributed by atoms with Crippen molar-refractivity contribution in [1.29, 1.82) is 0 Å². The van der Waals surface area contributed by atoms with Gasteiger partial charge in [-0.3, -0.25) is 0 Å². The minimum atomic E-state index is -6.10. The number of allylic oxidation sites excluding steroid dienone is 2. The van der Waals surface area contributed by atoms with Crippen LogP contribution in [0.4, 0.5) is 0 Å². The molecular formula is C46H54BCl2HfN2O2. The Hall–Kier alpha value is -3.18. The van der Waals surface area contributed by atoms with Gasteiger partial charge in [0.15, 0.2) is 0 Å². The van der Waals surface area contributed by atoms with Crippen molar-refractivity contribution >= 4 is 46.7 Å². The number of halogens is 2. The second-order valence-electron chi connectivity index (χ2n) is 16.1. The molecule has 4 nitrogen and oxygen atoms in total. The van der Waals surface area contributed by atoms with E-state index in [1.54, 1.807) is 0 Å². The van der Waals surface area contributed by atoms with Gasteiger partial charge in [-0.1, -0.05) is 0 Å². The van der Waals surface area contributed by atoms with Gasteiger partial charge in [0.25, 0.3) is 0 Å². The van der Waals surface area contributed by atoms with Gasteiger partial charge in [-0.05, 0) is 0 Å². The van der Waals surface area contributed by atoms with Crippen LogP contribution in [0.3, 0.4) is 0 Å². The third-order valence-corrected chi connectivity index (χ3v) is 40.9. The second-order valence-corrected chi connectivity index (χ2v) is 46.5. The molecule has 0 radical (unpaired) electrons. The van der Waals surface area contributed by atoms with Crippen LogP contribution >= 0.6 is 17.2 Å². The molecule has 0 aromatic heterocycles. The summed E-state index contributed by atoms with van der Waals surface area (Å²) in [7, 11) is 17.5. The first-order valence-corrected chi connectivity index (χ1v) is 34.8. The molecule has 0 fully saturated rings.